The highest BCUT2D eigenvalue weighted by atomic mass is 35.5. The first-order chi connectivity index (χ1) is 16.4. The summed E-state index contributed by atoms with van der Waals surface area (Å²) in [5, 5.41) is 21.0. The van der Waals surface area contributed by atoms with E-state index < -0.39 is 42.5 Å². The van der Waals surface area contributed by atoms with Crippen molar-refractivity contribution in [2.24, 2.45) is 5.92 Å². The molecule has 2 aliphatic rings. The van der Waals surface area contributed by atoms with Crippen LogP contribution in [0.15, 0.2) is 77.9 Å². The average Bonchev–Trinajstić information content (AvgIpc) is 3.27. The molecule has 1 aliphatic heterocycles. The number of hydroxylamine groups is 1. The summed E-state index contributed by atoms with van der Waals surface area (Å²) < 4.78 is 0. The quantitative estimate of drug-likeness (QED) is 0.502. The molecule has 0 bridgehead atoms. The van der Waals surface area contributed by atoms with Crippen LogP contribution in [0, 0.1) is 5.92 Å². The van der Waals surface area contributed by atoms with Crippen LogP contribution in [0.1, 0.15) is 34.3 Å². The predicted octanol–water partition coefficient (Wildman–Crippen LogP) is 2.89. The van der Waals surface area contributed by atoms with Gasteiger partial charge in [-0.1, -0.05) is 72.3 Å². The third kappa shape index (κ3) is 4.79. The number of halogens is 1. The maximum Gasteiger partial charge on any atom is 0.254 e. The molecular weight excluding hydrogens is 456 g/mol. The number of aliphatic hydroxyl groups excluding tert-OH is 2. The second kappa shape index (κ2) is 10.5. The zero-order chi connectivity index (χ0) is 24.2. The molecule has 1 heterocycles. The Kier molecular flexibility index (Phi) is 7.48. The lowest BCUT2D eigenvalue weighted by atomic mass is 9.76. The summed E-state index contributed by atoms with van der Waals surface area (Å²) >= 11 is 6.21. The minimum absolute atomic E-state index is 0.177. The fraction of sp³-hybridized carbons (Fsp3) is 0.308. The standard InChI is InChI=1S/C26H27ClN2O5/c1-16(31)22(14-30)29-24(18-11-12-19(27)13-18)23(20-9-5-6-10-21(20)26(29)33)25(32)28-34-15-17-7-3-2-4-8-17/h2-13,16,18,22-24,30-31H,14-15H2,1H3,(H,28,32)/t16-,18?,22+,23?,24?/m0/s1. The van der Waals surface area contributed by atoms with Gasteiger partial charge in [0.15, 0.2) is 0 Å². The lowest BCUT2D eigenvalue weighted by Crippen LogP contribution is -2.61. The minimum atomic E-state index is -1.02. The molecule has 0 saturated heterocycles. The van der Waals surface area contributed by atoms with Gasteiger partial charge < -0.3 is 15.1 Å². The van der Waals surface area contributed by atoms with E-state index in [4.69, 9.17) is 16.4 Å². The van der Waals surface area contributed by atoms with Crippen LogP contribution in [0.3, 0.4) is 0 Å². The van der Waals surface area contributed by atoms with Gasteiger partial charge in [-0.3, -0.25) is 14.4 Å². The third-order valence-electron chi connectivity index (χ3n) is 6.29. The van der Waals surface area contributed by atoms with Crippen molar-refractivity contribution in [1.29, 1.82) is 0 Å². The van der Waals surface area contributed by atoms with Crippen LogP contribution < -0.4 is 5.48 Å². The zero-order valence-corrected chi connectivity index (χ0v) is 19.4. The molecule has 178 valence electrons. The number of nitrogens with zero attached hydrogens (tertiary/aromatic N) is 1. The molecule has 34 heavy (non-hydrogen) atoms. The van der Waals surface area contributed by atoms with Gasteiger partial charge in [-0.2, -0.15) is 0 Å². The molecule has 8 heteroatoms. The molecule has 1 aliphatic carbocycles. The number of carbonyl (C=O) groups is 2. The number of allylic oxidation sites excluding steroid dienone is 2. The predicted molar refractivity (Wildman–Crippen MR) is 128 cm³/mol. The molecule has 2 aromatic rings. The van der Waals surface area contributed by atoms with Crippen molar-refractivity contribution in [3.63, 3.8) is 0 Å². The molecule has 2 amide bonds. The fourth-order valence-electron chi connectivity index (χ4n) is 4.67. The van der Waals surface area contributed by atoms with Gasteiger partial charge in [-0.05, 0) is 30.2 Å². The highest BCUT2D eigenvalue weighted by molar-refractivity contribution is 6.31. The highest BCUT2D eigenvalue weighted by Crippen LogP contribution is 2.41. The van der Waals surface area contributed by atoms with Gasteiger partial charge in [0.2, 0.25) is 0 Å². The average molecular weight is 483 g/mol. The maximum absolute atomic E-state index is 13.6. The molecule has 0 radical (unpaired) electrons. The molecular formula is C26H27ClN2O5. The number of benzene rings is 2. The highest BCUT2D eigenvalue weighted by Gasteiger charge is 2.49. The van der Waals surface area contributed by atoms with E-state index in [1.54, 1.807) is 36.4 Å². The smallest absolute Gasteiger partial charge is 0.254 e. The third-order valence-corrected chi connectivity index (χ3v) is 6.54. The van der Waals surface area contributed by atoms with Crippen LogP contribution in [-0.2, 0) is 16.2 Å². The van der Waals surface area contributed by atoms with Gasteiger partial charge in [-0.25, -0.2) is 5.48 Å². The largest absolute Gasteiger partial charge is 0.394 e. The molecule has 7 nitrogen and oxygen atoms in total. The van der Waals surface area contributed by atoms with Gasteiger partial charge in [0.1, 0.15) is 0 Å². The second-order valence-electron chi connectivity index (χ2n) is 8.49. The van der Waals surface area contributed by atoms with Crippen LogP contribution >= 0.6 is 11.6 Å². The Labute approximate surface area is 203 Å². The Morgan fingerprint density at radius 3 is 2.53 bits per heavy atom. The first-order valence-electron chi connectivity index (χ1n) is 11.1. The van der Waals surface area contributed by atoms with E-state index in [0.717, 1.165) is 5.56 Å². The van der Waals surface area contributed by atoms with Gasteiger partial charge in [0, 0.05) is 16.5 Å². The van der Waals surface area contributed by atoms with E-state index in [0.29, 0.717) is 16.2 Å². The van der Waals surface area contributed by atoms with Crippen LogP contribution in [0.4, 0.5) is 0 Å². The first kappa shape index (κ1) is 24.2. The summed E-state index contributed by atoms with van der Waals surface area (Å²) in [7, 11) is 0. The van der Waals surface area contributed by atoms with Gasteiger partial charge in [-0.15, -0.1) is 0 Å². The van der Waals surface area contributed by atoms with Crippen molar-refractivity contribution >= 4 is 23.4 Å². The minimum Gasteiger partial charge on any atom is -0.394 e. The van der Waals surface area contributed by atoms with Gasteiger partial charge in [0.05, 0.1) is 37.3 Å². The molecule has 2 aromatic carbocycles. The van der Waals surface area contributed by atoms with Crippen molar-refractivity contribution in [2.75, 3.05) is 6.61 Å². The molecule has 0 saturated carbocycles. The molecule has 5 atom stereocenters. The lowest BCUT2D eigenvalue weighted by molar-refractivity contribution is -0.138. The number of amides is 2. The van der Waals surface area contributed by atoms with E-state index in [2.05, 4.69) is 5.48 Å². The van der Waals surface area contributed by atoms with Crippen molar-refractivity contribution in [2.45, 2.75) is 37.6 Å². The van der Waals surface area contributed by atoms with Crippen molar-refractivity contribution in [3.05, 3.63) is 94.5 Å². The van der Waals surface area contributed by atoms with Gasteiger partial charge in [0.25, 0.3) is 11.8 Å². The summed E-state index contributed by atoms with van der Waals surface area (Å²) in [6.45, 7) is 1.22. The van der Waals surface area contributed by atoms with Crippen molar-refractivity contribution in [3.8, 4) is 0 Å². The number of hydrogen-bond donors (Lipinski definition) is 3. The normalized spacial score (nSPS) is 23.3. The van der Waals surface area contributed by atoms with Gasteiger partial charge >= 0.3 is 0 Å². The Morgan fingerprint density at radius 1 is 1.18 bits per heavy atom. The molecule has 4 rings (SSSR count). The number of nitrogens with one attached hydrogen (secondary N) is 1. The maximum atomic E-state index is 13.6. The zero-order valence-electron chi connectivity index (χ0n) is 18.7. The topological polar surface area (TPSA) is 99.1 Å². The number of rotatable bonds is 8. The summed E-state index contributed by atoms with van der Waals surface area (Å²) in [5.41, 5.74) is 4.34. The summed E-state index contributed by atoms with van der Waals surface area (Å²) in [5.74, 6) is -2.02. The number of aliphatic hydroxyl groups is 2. The van der Waals surface area contributed by atoms with E-state index in [1.807, 2.05) is 36.4 Å². The summed E-state index contributed by atoms with van der Waals surface area (Å²) in [6.07, 6.45) is 4.28. The fourth-order valence-corrected chi connectivity index (χ4v) is 4.89. The molecule has 0 spiro atoms. The Bertz CT molecular complexity index is 1100. The number of carbonyl (C=O) groups excluding carboxylic acids is 2. The second-order valence-corrected chi connectivity index (χ2v) is 8.92. The Hall–Kier alpha value is -2.97. The SMILES string of the molecule is C[C@H](O)[C@@H](CO)N1C(=O)c2ccccc2C(C(=O)NOCc2ccccc2)C1C1C=CC(Cl)=C1. The van der Waals surface area contributed by atoms with Crippen LogP contribution in [-0.4, -0.2) is 51.7 Å². The van der Waals surface area contributed by atoms with Crippen molar-refractivity contribution < 1.29 is 24.6 Å². The Morgan fingerprint density at radius 2 is 1.88 bits per heavy atom. The van der Waals surface area contributed by atoms with Crippen molar-refractivity contribution in [1.82, 2.24) is 10.4 Å². The molecule has 3 N–H and O–H groups in total. The van der Waals surface area contributed by atoms with E-state index in [-0.39, 0.29) is 12.5 Å². The van der Waals surface area contributed by atoms with Crippen LogP contribution in [0.2, 0.25) is 0 Å². The first-order valence-corrected chi connectivity index (χ1v) is 11.5. The van der Waals surface area contributed by atoms with Crippen LogP contribution in [0.25, 0.3) is 0 Å². The molecule has 0 aromatic heterocycles. The van der Waals surface area contributed by atoms with E-state index in [1.165, 1.54) is 11.8 Å². The van der Waals surface area contributed by atoms with Crippen LogP contribution in [0.5, 0.6) is 0 Å². The molecule has 0 fully saturated rings. The summed E-state index contributed by atoms with van der Waals surface area (Å²) in [4.78, 5) is 34.1. The van der Waals surface area contributed by atoms with E-state index in [9.17, 15) is 19.8 Å². The molecule has 3 unspecified atom stereocenters. The Balaban J connectivity index is 1.72. The number of hydrogen-bond acceptors (Lipinski definition) is 5. The summed E-state index contributed by atoms with van der Waals surface area (Å²) in [6, 6.07) is 14.7. The lowest BCUT2D eigenvalue weighted by Gasteiger charge is -2.47. The van der Waals surface area contributed by atoms with E-state index >= 15 is 0 Å². The monoisotopic (exact) mass is 482 g/mol. The number of fused-ring (bicyclic) bond motifs is 1.